The number of nitrogens with zero attached hydrogens (tertiary/aromatic N) is 2. The number of thiocarbonyl (C=S) groups is 1. The monoisotopic (exact) mass is 483 g/mol. The second kappa shape index (κ2) is 8.54. The Kier molecular flexibility index (Phi) is 5.59. The summed E-state index contributed by atoms with van der Waals surface area (Å²) in [5, 5.41) is 4.51. The van der Waals surface area contributed by atoms with Gasteiger partial charge in [0.05, 0.1) is 27.5 Å². The van der Waals surface area contributed by atoms with Crippen molar-refractivity contribution in [1.29, 1.82) is 0 Å². The van der Waals surface area contributed by atoms with Gasteiger partial charge >= 0.3 is 0 Å². The highest BCUT2D eigenvalue weighted by atomic mass is 35.5. The Balaban J connectivity index is 1.63. The van der Waals surface area contributed by atoms with Crippen molar-refractivity contribution in [3.05, 3.63) is 106 Å². The second-order valence-corrected chi connectivity index (χ2v) is 8.42. The molecule has 5 rings (SSSR count). The Morgan fingerprint density at radius 3 is 2.56 bits per heavy atom. The van der Waals surface area contributed by atoms with Gasteiger partial charge in [-0.3, -0.25) is 4.98 Å². The number of furan rings is 1. The largest absolute Gasteiger partial charge is 0.459 e. The average molecular weight is 484 g/mol. The zero-order valence-corrected chi connectivity index (χ0v) is 18.8. The molecule has 2 aromatic heterocycles. The van der Waals surface area contributed by atoms with E-state index in [1.54, 1.807) is 41.4 Å². The van der Waals surface area contributed by atoms with Gasteiger partial charge in [-0.1, -0.05) is 47.5 Å². The first-order valence-corrected chi connectivity index (χ1v) is 11.0. The van der Waals surface area contributed by atoms with Gasteiger partial charge in [-0.25, -0.2) is 4.39 Å². The van der Waals surface area contributed by atoms with Gasteiger partial charge in [-0.2, -0.15) is 0 Å². The summed E-state index contributed by atoms with van der Waals surface area (Å²) < 4.78 is 21.0. The molecule has 0 unspecified atom stereocenters. The molecule has 1 aliphatic heterocycles. The van der Waals surface area contributed by atoms with Crippen LogP contribution in [0.1, 0.15) is 23.5 Å². The number of pyridine rings is 1. The quantitative estimate of drug-likeness (QED) is 0.317. The van der Waals surface area contributed by atoms with Gasteiger partial charge in [0.25, 0.3) is 0 Å². The van der Waals surface area contributed by atoms with Gasteiger partial charge in [-0.05, 0) is 60.7 Å². The predicted octanol–water partition coefficient (Wildman–Crippen LogP) is 6.96. The van der Waals surface area contributed by atoms with E-state index in [0.717, 1.165) is 5.69 Å². The maximum Gasteiger partial charge on any atom is 0.174 e. The van der Waals surface area contributed by atoms with Gasteiger partial charge in [0, 0.05) is 11.8 Å². The van der Waals surface area contributed by atoms with Crippen LogP contribution in [0.2, 0.25) is 10.0 Å². The molecule has 0 bridgehead atoms. The van der Waals surface area contributed by atoms with Crippen LogP contribution in [-0.4, -0.2) is 10.1 Å². The summed E-state index contributed by atoms with van der Waals surface area (Å²) in [5.41, 5.74) is 1.79. The number of anilines is 1. The lowest BCUT2D eigenvalue weighted by atomic mass is 10.0. The van der Waals surface area contributed by atoms with Crippen molar-refractivity contribution < 1.29 is 8.81 Å². The number of benzene rings is 2. The fourth-order valence-corrected chi connectivity index (χ4v) is 4.63. The first-order chi connectivity index (χ1) is 15.5. The minimum atomic E-state index is -0.471. The molecule has 0 spiro atoms. The van der Waals surface area contributed by atoms with E-state index < -0.39 is 6.04 Å². The van der Waals surface area contributed by atoms with Crippen LogP contribution in [0.3, 0.4) is 0 Å². The van der Waals surface area contributed by atoms with E-state index in [1.807, 2.05) is 36.4 Å². The number of rotatable bonds is 4. The average Bonchev–Trinajstić information content (AvgIpc) is 3.41. The fraction of sp³-hybridized carbons (Fsp3) is 0.0833. The lowest BCUT2D eigenvalue weighted by Crippen LogP contribution is -2.30. The smallest absolute Gasteiger partial charge is 0.174 e. The van der Waals surface area contributed by atoms with Gasteiger partial charge in [-0.15, -0.1) is 0 Å². The molecular formula is C24H16Cl2FN3OS. The standard InChI is InChI=1S/C24H16Cl2FN3OS/c25-15-7-5-6-14(21(15)26)19-11-12-20(31-19)23-22(17-9-3-4-13-28-17)29-24(32)30(23)18-10-2-1-8-16(18)27/h1-13,22-23H,(H,29,32)/t22-,23-/m1/s1. The first-order valence-electron chi connectivity index (χ1n) is 9.84. The van der Waals surface area contributed by atoms with Crippen LogP contribution in [-0.2, 0) is 0 Å². The summed E-state index contributed by atoms with van der Waals surface area (Å²) >= 11 is 18.2. The van der Waals surface area contributed by atoms with E-state index in [-0.39, 0.29) is 11.9 Å². The third kappa shape index (κ3) is 3.64. The van der Waals surface area contributed by atoms with E-state index in [4.69, 9.17) is 39.8 Å². The minimum Gasteiger partial charge on any atom is -0.459 e. The summed E-state index contributed by atoms with van der Waals surface area (Å²) in [6, 6.07) is 20.3. The van der Waals surface area contributed by atoms with Crippen LogP contribution in [0, 0.1) is 5.82 Å². The van der Waals surface area contributed by atoms with Crippen LogP contribution < -0.4 is 10.2 Å². The molecule has 0 radical (unpaired) electrons. The fourth-order valence-electron chi connectivity index (χ4n) is 3.90. The van der Waals surface area contributed by atoms with Gasteiger partial charge < -0.3 is 14.6 Å². The molecule has 1 aliphatic rings. The number of hydrogen-bond acceptors (Lipinski definition) is 3. The molecule has 1 N–H and O–H groups in total. The minimum absolute atomic E-state index is 0.350. The third-order valence-electron chi connectivity index (χ3n) is 5.35. The van der Waals surface area contributed by atoms with Crippen molar-refractivity contribution in [1.82, 2.24) is 10.3 Å². The predicted molar refractivity (Wildman–Crippen MR) is 128 cm³/mol. The molecule has 3 heterocycles. The maximum absolute atomic E-state index is 14.8. The number of nitrogens with one attached hydrogen (secondary N) is 1. The Morgan fingerprint density at radius 1 is 0.969 bits per heavy atom. The molecular weight excluding hydrogens is 468 g/mol. The number of aromatic nitrogens is 1. The zero-order valence-electron chi connectivity index (χ0n) is 16.5. The molecule has 0 saturated carbocycles. The second-order valence-electron chi connectivity index (χ2n) is 7.25. The summed E-state index contributed by atoms with van der Waals surface area (Å²) in [6.07, 6.45) is 1.71. The molecule has 32 heavy (non-hydrogen) atoms. The van der Waals surface area contributed by atoms with Gasteiger partial charge in [0.2, 0.25) is 0 Å². The Labute approximate surface area is 199 Å². The van der Waals surface area contributed by atoms with Crippen molar-refractivity contribution in [3.63, 3.8) is 0 Å². The molecule has 1 saturated heterocycles. The SMILES string of the molecule is Fc1ccccc1N1C(=S)N[C@H](c2ccccn2)[C@H]1c1ccc(-c2cccc(Cl)c2Cl)o1. The topological polar surface area (TPSA) is 41.3 Å². The zero-order chi connectivity index (χ0) is 22.2. The van der Waals surface area contributed by atoms with E-state index in [1.165, 1.54) is 6.07 Å². The summed E-state index contributed by atoms with van der Waals surface area (Å²) in [7, 11) is 0. The van der Waals surface area contributed by atoms with Crippen LogP contribution >= 0.6 is 35.4 Å². The molecule has 0 amide bonds. The summed E-state index contributed by atoms with van der Waals surface area (Å²) in [6.45, 7) is 0. The molecule has 4 aromatic rings. The van der Waals surface area contributed by atoms with Crippen molar-refractivity contribution in [2.24, 2.45) is 0 Å². The van der Waals surface area contributed by atoms with Crippen molar-refractivity contribution in [2.75, 3.05) is 4.90 Å². The molecule has 0 aliphatic carbocycles. The van der Waals surface area contributed by atoms with E-state index in [0.29, 0.717) is 37.9 Å². The van der Waals surface area contributed by atoms with Crippen LogP contribution in [0.4, 0.5) is 10.1 Å². The number of halogens is 3. The van der Waals surface area contributed by atoms with Crippen molar-refractivity contribution in [3.8, 4) is 11.3 Å². The summed E-state index contributed by atoms with van der Waals surface area (Å²) in [4.78, 5) is 6.22. The highest BCUT2D eigenvalue weighted by Crippen LogP contribution is 2.44. The number of para-hydroxylation sites is 1. The lowest BCUT2D eigenvalue weighted by molar-refractivity contribution is 0.438. The highest BCUT2D eigenvalue weighted by Gasteiger charge is 2.43. The number of hydrogen-bond donors (Lipinski definition) is 1. The van der Waals surface area contributed by atoms with E-state index in [2.05, 4.69) is 10.3 Å². The normalized spacial score (nSPS) is 18.1. The Hall–Kier alpha value is -2.93. The van der Waals surface area contributed by atoms with Gasteiger partial charge in [0.15, 0.2) is 5.11 Å². The Bertz CT molecular complexity index is 1300. The molecule has 4 nitrogen and oxygen atoms in total. The van der Waals surface area contributed by atoms with Crippen molar-refractivity contribution in [2.45, 2.75) is 12.1 Å². The molecule has 2 aromatic carbocycles. The van der Waals surface area contributed by atoms with E-state index in [9.17, 15) is 4.39 Å². The third-order valence-corrected chi connectivity index (χ3v) is 6.48. The molecule has 160 valence electrons. The van der Waals surface area contributed by atoms with Crippen LogP contribution in [0.15, 0.2) is 83.4 Å². The Morgan fingerprint density at radius 2 is 1.78 bits per heavy atom. The van der Waals surface area contributed by atoms with Crippen LogP contribution in [0.5, 0.6) is 0 Å². The van der Waals surface area contributed by atoms with Gasteiger partial charge in [0.1, 0.15) is 23.4 Å². The maximum atomic E-state index is 14.8. The van der Waals surface area contributed by atoms with Crippen LogP contribution in [0.25, 0.3) is 11.3 Å². The molecule has 8 heteroatoms. The van der Waals surface area contributed by atoms with E-state index >= 15 is 0 Å². The molecule has 2 atom stereocenters. The first kappa shape index (κ1) is 20.9. The lowest BCUT2D eigenvalue weighted by Gasteiger charge is -2.26. The highest BCUT2D eigenvalue weighted by molar-refractivity contribution is 7.80. The summed E-state index contributed by atoms with van der Waals surface area (Å²) in [5.74, 6) is 0.758. The van der Waals surface area contributed by atoms with Crippen molar-refractivity contribution >= 4 is 46.2 Å². The molecule has 1 fully saturated rings.